The fourth-order valence-electron chi connectivity index (χ4n) is 0.557. The van der Waals surface area contributed by atoms with Crippen LogP contribution in [0.25, 0.3) is 0 Å². The van der Waals surface area contributed by atoms with Gasteiger partial charge < -0.3 is 0 Å². The molecule has 0 nitrogen and oxygen atoms in total. The Balaban J connectivity index is 2.84. The van der Waals surface area contributed by atoms with E-state index in [1.807, 2.05) is 0 Å². The second-order valence-corrected chi connectivity index (χ2v) is 3.29. The standard InChI is InChI=1S/C6H7ClS/c1-5-2-3-6(4-7)8-5/h2-3H,4H2,1H3. The molecule has 0 radical (unpaired) electrons. The van der Waals surface area contributed by atoms with E-state index < -0.39 is 0 Å². The minimum absolute atomic E-state index is 0.651. The van der Waals surface area contributed by atoms with Gasteiger partial charge in [-0.25, -0.2) is 0 Å². The summed E-state index contributed by atoms with van der Waals surface area (Å²) in [7, 11) is 0. The zero-order valence-electron chi connectivity index (χ0n) is 4.65. The average Bonchev–Trinajstić information content (AvgIpc) is 2.14. The molecular formula is C6H7ClS. The van der Waals surface area contributed by atoms with Crippen molar-refractivity contribution < 1.29 is 0 Å². The van der Waals surface area contributed by atoms with E-state index in [1.54, 1.807) is 11.3 Å². The molecule has 0 spiro atoms. The molecule has 0 aliphatic rings. The lowest BCUT2D eigenvalue weighted by molar-refractivity contribution is 1.53. The zero-order valence-corrected chi connectivity index (χ0v) is 6.22. The van der Waals surface area contributed by atoms with Crippen LogP contribution < -0.4 is 0 Å². The maximum Gasteiger partial charge on any atom is 0.0568 e. The maximum atomic E-state index is 5.55. The van der Waals surface area contributed by atoms with E-state index in [1.165, 1.54) is 9.75 Å². The van der Waals surface area contributed by atoms with Crippen LogP contribution in [0, 0.1) is 6.92 Å². The van der Waals surface area contributed by atoms with E-state index >= 15 is 0 Å². The van der Waals surface area contributed by atoms with Crippen molar-refractivity contribution in [3.05, 3.63) is 21.9 Å². The fourth-order valence-corrected chi connectivity index (χ4v) is 1.55. The van der Waals surface area contributed by atoms with Crippen LogP contribution in [-0.2, 0) is 5.88 Å². The molecule has 0 fully saturated rings. The van der Waals surface area contributed by atoms with Gasteiger partial charge in [0.15, 0.2) is 0 Å². The van der Waals surface area contributed by atoms with E-state index in [0.29, 0.717) is 5.88 Å². The Morgan fingerprint density at radius 2 is 2.38 bits per heavy atom. The van der Waals surface area contributed by atoms with E-state index in [0.717, 1.165) is 0 Å². The zero-order chi connectivity index (χ0) is 5.98. The molecule has 1 aromatic heterocycles. The first-order valence-electron chi connectivity index (χ1n) is 2.44. The maximum absolute atomic E-state index is 5.55. The molecule has 0 unspecified atom stereocenters. The number of aryl methyl sites for hydroxylation is 1. The molecule has 1 heterocycles. The average molecular weight is 147 g/mol. The molecule has 0 amide bonds. The summed E-state index contributed by atoms with van der Waals surface area (Å²) in [4.78, 5) is 2.59. The number of hydrogen-bond donors (Lipinski definition) is 0. The highest BCUT2D eigenvalue weighted by Gasteiger charge is 1.90. The Morgan fingerprint density at radius 3 is 2.62 bits per heavy atom. The Kier molecular flexibility index (Phi) is 1.92. The minimum atomic E-state index is 0.651. The van der Waals surface area contributed by atoms with Crippen molar-refractivity contribution in [1.29, 1.82) is 0 Å². The van der Waals surface area contributed by atoms with E-state index in [-0.39, 0.29) is 0 Å². The highest BCUT2D eigenvalue weighted by Crippen LogP contribution is 2.16. The largest absolute Gasteiger partial charge is 0.144 e. The van der Waals surface area contributed by atoms with Gasteiger partial charge >= 0.3 is 0 Å². The predicted octanol–water partition coefficient (Wildman–Crippen LogP) is 2.80. The molecule has 0 atom stereocenters. The summed E-state index contributed by atoms with van der Waals surface area (Å²) in [6.07, 6.45) is 0. The van der Waals surface area contributed by atoms with Crippen LogP contribution in [0.1, 0.15) is 9.75 Å². The van der Waals surface area contributed by atoms with Crippen molar-refractivity contribution >= 4 is 22.9 Å². The Bertz CT molecular complexity index is 169. The third kappa shape index (κ3) is 1.23. The second kappa shape index (κ2) is 2.51. The normalized spacial score (nSPS) is 9.75. The SMILES string of the molecule is Cc1ccc(CCl)s1. The molecule has 0 saturated carbocycles. The van der Waals surface area contributed by atoms with Gasteiger partial charge in [0.05, 0.1) is 5.88 Å². The van der Waals surface area contributed by atoms with Gasteiger partial charge in [-0.05, 0) is 19.1 Å². The van der Waals surface area contributed by atoms with Gasteiger partial charge in [0.25, 0.3) is 0 Å². The number of alkyl halides is 1. The lowest BCUT2D eigenvalue weighted by atomic mass is 10.5. The summed E-state index contributed by atoms with van der Waals surface area (Å²) in [6, 6.07) is 4.15. The molecule has 0 aliphatic heterocycles. The highest BCUT2D eigenvalue weighted by atomic mass is 35.5. The summed E-state index contributed by atoms with van der Waals surface area (Å²) >= 11 is 7.31. The van der Waals surface area contributed by atoms with Crippen molar-refractivity contribution in [2.45, 2.75) is 12.8 Å². The Labute approximate surface area is 58.1 Å². The van der Waals surface area contributed by atoms with Crippen LogP contribution in [0.3, 0.4) is 0 Å². The number of hydrogen-bond acceptors (Lipinski definition) is 1. The van der Waals surface area contributed by atoms with Crippen LogP contribution in [0.2, 0.25) is 0 Å². The smallest absolute Gasteiger partial charge is 0.0568 e. The van der Waals surface area contributed by atoms with Crippen LogP contribution in [-0.4, -0.2) is 0 Å². The molecule has 1 rings (SSSR count). The third-order valence-corrected chi connectivity index (χ3v) is 2.37. The second-order valence-electron chi connectivity index (χ2n) is 1.65. The fraction of sp³-hybridized carbons (Fsp3) is 0.333. The number of thiophene rings is 1. The predicted molar refractivity (Wildman–Crippen MR) is 38.6 cm³/mol. The van der Waals surface area contributed by atoms with E-state index in [4.69, 9.17) is 11.6 Å². The van der Waals surface area contributed by atoms with E-state index in [9.17, 15) is 0 Å². The summed E-state index contributed by atoms with van der Waals surface area (Å²) in [5, 5.41) is 0. The molecular weight excluding hydrogens is 140 g/mol. The van der Waals surface area contributed by atoms with Crippen molar-refractivity contribution in [1.82, 2.24) is 0 Å². The first-order valence-corrected chi connectivity index (χ1v) is 3.79. The van der Waals surface area contributed by atoms with Crippen molar-refractivity contribution in [2.24, 2.45) is 0 Å². The van der Waals surface area contributed by atoms with Gasteiger partial charge in [0.2, 0.25) is 0 Å². The van der Waals surface area contributed by atoms with Crippen LogP contribution >= 0.6 is 22.9 Å². The number of halogens is 1. The molecule has 2 heteroatoms. The minimum Gasteiger partial charge on any atom is -0.144 e. The van der Waals surface area contributed by atoms with Gasteiger partial charge in [-0.2, -0.15) is 0 Å². The molecule has 1 aromatic rings. The van der Waals surface area contributed by atoms with Gasteiger partial charge in [-0.3, -0.25) is 0 Å². The molecule has 44 valence electrons. The van der Waals surface area contributed by atoms with Gasteiger partial charge in [-0.15, -0.1) is 22.9 Å². The monoisotopic (exact) mass is 146 g/mol. The summed E-state index contributed by atoms with van der Waals surface area (Å²) in [5.41, 5.74) is 0. The van der Waals surface area contributed by atoms with Gasteiger partial charge in [0, 0.05) is 9.75 Å². The quantitative estimate of drug-likeness (QED) is 0.535. The van der Waals surface area contributed by atoms with Crippen molar-refractivity contribution in [3.8, 4) is 0 Å². The lowest BCUT2D eigenvalue weighted by Gasteiger charge is -1.78. The van der Waals surface area contributed by atoms with Gasteiger partial charge in [0.1, 0.15) is 0 Å². The van der Waals surface area contributed by atoms with E-state index in [2.05, 4.69) is 19.1 Å². The summed E-state index contributed by atoms with van der Waals surface area (Å²) < 4.78 is 0. The molecule has 0 N–H and O–H groups in total. The van der Waals surface area contributed by atoms with Gasteiger partial charge in [-0.1, -0.05) is 0 Å². The molecule has 0 aromatic carbocycles. The number of rotatable bonds is 1. The molecule has 0 saturated heterocycles. The summed E-state index contributed by atoms with van der Waals surface area (Å²) in [6.45, 7) is 2.08. The Hall–Kier alpha value is -0.0100. The first-order chi connectivity index (χ1) is 3.83. The highest BCUT2D eigenvalue weighted by molar-refractivity contribution is 7.12. The van der Waals surface area contributed by atoms with Crippen molar-refractivity contribution in [3.63, 3.8) is 0 Å². The summed E-state index contributed by atoms with van der Waals surface area (Å²) in [5.74, 6) is 0.651. The van der Waals surface area contributed by atoms with Crippen LogP contribution in [0.4, 0.5) is 0 Å². The molecule has 0 aliphatic carbocycles. The first kappa shape index (κ1) is 6.12. The third-order valence-electron chi connectivity index (χ3n) is 0.928. The van der Waals surface area contributed by atoms with Crippen LogP contribution in [0.5, 0.6) is 0 Å². The topological polar surface area (TPSA) is 0 Å². The molecule has 8 heavy (non-hydrogen) atoms. The van der Waals surface area contributed by atoms with Crippen molar-refractivity contribution in [2.75, 3.05) is 0 Å². The van der Waals surface area contributed by atoms with Crippen LogP contribution in [0.15, 0.2) is 12.1 Å². The lowest BCUT2D eigenvalue weighted by Crippen LogP contribution is -1.58. The Morgan fingerprint density at radius 1 is 1.62 bits per heavy atom. The molecule has 0 bridgehead atoms.